The number of nitrogens with zero attached hydrogens (tertiary/aromatic N) is 1. The lowest BCUT2D eigenvalue weighted by atomic mass is 9.99. The molecule has 0 aliphatic heterocycles. The average molecular weight is 307 g/mol. The van der Waals surface area contributed by atoms with Crippen LogP contribution < -0.4 is 0 Å². The highest BCUT2D eigenvalue weighted by atomic mass is 16.4. The largest absolute Gasteiger partial charge is 0.477 e. The summed E-state index contributed by atoms with van der Waals surface area (Å²) >= 11 is 0. The standard InChI is InChI=1S/C20H21NO2/c1-3-7-14-10-12-15(13-11-14)18-16-8-5-6-9-17(16)21(4-2)19(18)20(22)23/h5-6,8-13H,3-4,7H2,1-2H3,(H,22,23). The van der Waals surface area contributed by atoms with E-state index in [0.717, 1.165) is 34.9 Å². The Kier molecular flexibility index (Phi) is 4.20. The van der Waals surface area contributed by atoms with Crippen LogP contribution in [0.1, 0.15) is 36.3 Å². The van der Waals surface area contributed by atoms with Gasteiger partial charge < -0.3 is 9.67 Å². The number of carboxylic acids is 1. The van der Waals surface area contributed by atoms with Gasteiger partial charge in [-0.2, -0.15) is 0 Å². The third-order valence-corrected chi connectivity index (χ3v) is 4.27. The van der Waals surface area contributed by atoms with Gasteiger partial charge in [0.15, 0.2) is 0 Å². The number of hydrogen-bond acceptors (Lipinski definition) is 1. The van der Waals surface area contributed by atoms with E-state index in [4.69, 9.17) is 0 Å². The molecule has 23 heavy (non-hydrogen) atoms. The molecule has 0 amide bonds. The van der Waals surface area contributed by atoms with Crippen molar-refractivity contribution in [3.8, 4) is 11.1 Å². The van der Waals surface area contributed by atoms with Gasteiger partial charge in [-0.1, -0.05) is 55.8 Å². The van der Waals surface area contributed by atoms with E-state index >= 15 is 0 Å². The highest BCUT2D eigenvalue weighted by molar-refractivity contribution is 6.08. The van der Waals surface area contributed by atoms with Crippen LogP contribution in [0.2, 0.25) is 0 Å². The molecule has 118 valence electrons. The second-order valence-electron chi connectivity index (χ2n) is 5.74. The summed E-state index contributed by atoms with van der Waals surface area (Å²) in [5.74, 6) is -0.879. The molecule has 0 aliphatic carbocycles. The first-order valence-electron chi connectivity index (χ1n) is 8.11. The molecule has 0 aliphatic rings. The second kappa shape index (κ2) is 6.29. The van der Waals surface area contributed by atoms with E-state index in [0.29, 0.717) is 12.2 Å². The van der Waals surface area contributed by atoms with Crippen molar-refractivity contribution >= 4 is 16.9 Å². The molecule has 0 atom stereocenters. The van der Waals surface area contributed by atoms with Crippen molar-refractivity contribution in [3.63, 3.8) is 0 Å². The van der Waals surface area contributed by atoms with Gasteiger partial charge in [-0.05, 0) is 30.5 Å². The minimum absolute atomic E-state index is 0.372. The van der Waals surface area contributed by atoms with E-state index in [1.54, 1.807) is 0 Å². The average Bonchev–Trinajstić information content (AvgIpc) is 2.90. The number of para-hydroxylation sites is 1. The topological polar surface area (TPSA) is 42.2 Å². The van der Waals surface area contributed by atoms with Crippen molar-refractivity contribution in [2.75, 3.05) is 0 Å². The summed E-state index contributed by atoms with van der Waals surface area (Å²) in [7, 11) is 0. The Balaban J connectivity index is 2.27. The van der Waals surface area contributed by atoms with Crippen molar-refractivity contribution in [2.24, 2.45) is 0 Å². The first kappa shape index (κ1) is 15.3. The van der Waals surface area contributed by atoms with E-state index in [9.17, 15) is 9.90 Å². The van der Waals surface area contributed by atoms with Gasteiger partial charge in [0, 0.05) is 23.0 Å². The van der Waals surface area contributed by atoms with Crippen LogP contribution in [0.4, 0.5) is 0 Å². The lowest BCUT2D eigenvalue weighted by Gasteiger charge is -2.07. The van der Waals surface area contributed by atoms with Gasteiger partial charge in [0.25, 0.3) is 0 Å². The quantitative estimate of drug-likeness (QED) is 0.722. The Hall–Kier alpha value is -2.55. The predicted octanol–water partition coefficient (Wildman–Crippen LogP) is 4.98. The fourth-order valence-corrected chi connectivity index (χ4v) is 3.27. The van der Waals surface area contributed by atoms with Crippen LogP contribution in [0.3, 0.4) is 0 Å². The molecular formula is C20H21NO2. The Labute approximate surface area is 136 Å². The second-order valence-corrected chi connectivity index (χ2v) is 5.74. The summed E-state index contributed by atoms with van der Waals surface area (Å²) in [6, 6.07) is 16.2. The zero-order chi connectivity index (χ0) is 16.4. The zero-order valence-corrected chi connectivity index (χ0v) is 13.5. The number of aryl methyl sites for hydroxylation is 2. The summed E-state index contributed by atoms with van der Waals surface area (Å²) in [4.78, 5) is 11.9. The van der Waals surface area contributed by atoms with Crippen LogP contribution in [0.5, 0.6) is 0 Å². The minimum atomic E-state index is -0.879. The van der Waals surface area contributed by atoms with Crippen LogP contribution in [-0.4, -0.2) is 15.6 Å². The summed E-state index contributed by atoms with van der Waals surface area (Å²) in [5.41, 5.74) is 4.41. The normalized spacial score (nSPS) is 11.0. The van der Waals surface area contributed by atoms with Crippen molar-refractivity contribution in [1.29, 1.82) is 0 Å². The van der Waals surface area contributed by atoms with Crippen molar-refractivity contribution in [2.45, 2.75) is 33.2 Å². The number of hydrogen-bond donors (Lipinski definition) is 1. The Bertz CT molecular complexity index is 844. The van der Waals surface area contributed by atoms with Crippen LogP contribution >= 0.6 is 0 Å². The lowest BCUT2D eigenvalue weighted by molar-refractivity contribution is 0.0687. The summed E-state index contributed by atoms with van der Waals surface area (Å²) < 4.78 is 1.88. The first-order valence-corrected chi connectivity index (χ1v) is 8.11. The maximum atomic E-state index is 11.9. The van der Waals surface area contributed by atoms with E-state index < -0.39 is 5.97 Å². The van der Waals surface area contributed by atoms with Crippen LogP contribution in [0, 0.1) is 0 Å². The lowest BCUT2D eigenvalue weighted by Crippen LogP contribution is -2.08. The molecule has 0 unspecified atom stereocenters. The van der Waals surface area contributed by atoms with Gasteiger partial charge in [-0.3, -0.25) is 0 Å². The fraction of sp³-hybridized carbons (Fsp3) is 0.250. The van der Waals surface area contributed by atoms with Gasteiger partial charge in [0.2, 0.25) is 0 Å². The number of aromatic nitrogens is 1. The molecular weight excluding hydrogens is 286 g/mol. The number of rotatable bonds is 5. The van der Waals surface area contributed by atoms with Crippen molar-refractivity contribution < 1.29 is 9.90 Å². The highest BCUT2D eigenvalue weighted by Crippen LogP contribution is 2.35. The van der Waals surface area contributed by atoms with Crippen molar-refractivity contribution in [1.82, 2.24) is 4.57 Å². The molecule has 0 fully saturated rings. The fourth-order valence-electron chi connectivity index (χ4n) is 3.27. The molecule has 0 bridgehead atoms. The molecule has 3 heteroatoms. The Morgan fingerprint density at radius 2 is 1.74 bits per heavy atom. The van der Waals surface area contributed by atoms with Gasteiger partial charge in [-0.25, -0.2) is 4.79 Å². The molecule has 2 aromatic carbocycles. The van der Waals surface area contributed by atoms with Crippen LogP contribution in [-0.2, 0) is 13.0 Å². The molecule has 1 N–H and O–H groups in total. The van der Waals surface area contributed by atoms with Gasteiger partial charge >= 0.3 is 5.97 Å². The number of fused-ring (bicyclic) bond motifs is 1. The SMILES string of the molecule is CCCc1ccc(-c2c(C(=O)O)n(CC)c3ccccc23)cc1. The third kappa shape index (κ3) is 2.63. The monoisotopic (exact) mass is 307 g/mol. The van der Waals surface area contributed by atoms with Crippen LogP contribution in [0.15, 0.2) is 48.5 Å². The molecule has 0 saturated heterocycles. The van der Waals surface area contributed by atoms with E-state index in [-0.39, 0.29) is 0 Å². The Morgan fingerprint density at radius 3 is 2.35 bits per heavy atom. The number of benzene rings is 2. The van der Waals surface area contributed by atoms with Crippen LogP contribution in [0.25, 0.3) is 22.0 Å². The molecule has 3 aromatic rings. The molecule has 0 spiro atoms. The first-order chi connectivity index (χ1) is 11.2. The Morgan fingerprint density at radius 1 is 1.04 bits per heavy atom. The van der Waals surface area contributed by atoms with E-state index in [1.165, 1.54) is 5.56 Å². The maximum absolute atomic E-state index is 11.9. The smallest absolute Gasteiger partial charge is 0.353 e. The number of carbonyl (C=O) groups is 1. The third-order valence-electron chi connectivity index (χ3n) is 4.27. The minimum Gasteiger partial charge on any atom is -0.477 e. The molecule has 3 nitrogen and oxygen atoms in total. The molecule has 1 heterocycles. The predicted molar refractivity (Wildman–Crippen MR) is 94.0 cm³/mol. The number of aromatic carboxylic acids is 1. The van der Waals surface area contributed by atoms with Gasteiger partial charge in [0.1, 0.15) is 5.69 Å². The summed E-state index contributed by atoms with van der Waals surface area (Å²) in [6.45, 7) is 4.77. The summed E-state index contributed by atoms with van der Waals surface area (Å²) in [5, 5.41) is 10.8. The zero-order valence-electron chi connectivity index (χ0n) is 13.5. The molecule has 0 saturated carbocycles. The van der Waals surface area contributed by atoms with E-state index in [2.05, 4.69) is 19.1 Å². The molecule has 1 aromatic heterocycles. The van der Waals surface area contributed by atoms with Gasteiger partial charge in [-0.15, -0.1) is 0 Å². The molecule has 0 radical (unpaired) electrons. The maximum Gasteiger partial charge on any atom is 0.353 e. The highest BCUT2D eigenvalue weighted by Gasteiger charge is 2.22. The van der Waals surface area contributed by atoms with E-state index in [1.807, 2.05) is 47.9 Å². The van der Waals surface area contributed by atoms with Gasteiger partial charge in [0.05, 0.1) is 0 Å². The van der Waals surface area contributed by atoms with Crippen molar-refractivity contribution in [3.05, 3.63) is 59.8 Å². The summed E-state index contributed by atoms with van der Waals surface area (Å²) in [6.07, 6.45) is 2.15. The molecule has 3 rings (SSSR count). The number of carboxylic acid groups (broad SMARTS) is 1.